The molecule has 0 saturated heterocycles. The van der Waals surface area contributed by atoms with Gasteiger partial charge in [-0.15, -0.1) is 35.3 Å². The van der Waals surface area contributed by atoms with Crippen molar-refractivity contribution >= 4 is 41.3 Å². The van der Waals surface area contributed by atoms with Gasteiger partial charge in [-0.1, -0.05) is 13.8 Å². The van der Waals surface area contributed by atoms with E-state index in [0.29, 0.717) is 12.6 Å². The van der Waals surface area contributed by atoms with Crippen LogP contribution in [0.25, 0.3) is 0 Å². The van der Waals surface area contributed by atoms with Gasteiger partial charge < -0.3 is 10.6 Å². The Morgan fingerprint density at radius 1 is 1.23 bits per heavy atom. The van der Waals surface area contributed by atoms with Crippen LogP contribution in [0.1, 0.15) is 56.1 Å². The zero-order valence-electron chi connectivity index (χ0n) is 14.7. The molecule has 1 aromatic heterocycles. The molecular weight excluding hydrogens is 407 g/mol. The summed E-state index contributed by atoms with van der Waals surface area (Å²) >= 11 is 1.73. The molecule has 1 unspecified atom stereocenters. The zero-order chi connectivity index (χ0) is 15.8. The largest absolute Gasteiger partial charge is 0.357 e. The van der Waals surface area contributed by atoms with E-state index in [-0.39, 0.29) is 24.0 Å². The number of aliphatic imine (C=N–C) groups is 1. The third-order valence-corrected chi connectivity index (χ3v) is 4.34. The Balaban J connectivity index is 0.00000441. The topological polar surface area (TPSA) is 49.3 Å². The van der Waals surface area contributed by atoms with Crippen LogP contribution in [0.5, 0.6) is 0 Å². The van der Waals surface area contributed by atoms with Crippen molar-refractivity contribution in [2.45, 2.75) is 67.0 Å². The second kappa shape index (κ2) is 11.2. The average molecular weight is 438 g/mol. The van der Waals surface area contributed by atoms with E-state index in [0.717, 1.165) is 29.1 Å². The van der Waals surface area contributed by atoms with E-state index in [1.165, 1.54) is 17.7 Å². The average Bonchev–Trinajstić information content (AvgIpc) is 2.72. The summed E-state index contributed by atoms with van der Waals surface area (Å²) in [6.07, 6.45) is 2.40. The highest BCUT2D eigenvalue weighted by Crippen LogP contribution is 2.17. The maximum atomic E-state index is 4.69. The first-order chi connectivity index (χ1) is 9.92. The minimum Gasteiger partial charge on any atom is -0.357 e. The molecule has 1 rings (SSSR count). The number of thiazole rings is 1. The first-order valence-electron chi connectivity index (χ1n) is 7.90. The number of nitrogens with one attached hydrogen (secondary N) is 2. The molecular formula is C16H31IN4S. The van der Waals surface area contributed by atoms with Gasteiger partial charge in [0.15, 0.2) is 5.96 Å². The molecule has 2 N–H and O–H groups in total. The van der Waals surface area contributed by atoms with Crippen molar-refractivity contribution in [2.75, 3.05) is 6.54 Å². The Morgan fingerprint density at radius 3 is 2.41 bits per heavy atom. The van der Waals surface area contributed by atoms with Crippen LogP contribution in [0.4, 0.5) is 0 Å². The van der Waals surface area contributed by atoms with Gasteiger partial charge in [0.25, 0.3) is 0 Å². The number of hydrogen-bond acceptors (Lipinski definition) is 3. The standard InChI is InChI=1S/C16H30N4S.HI/c1-7-17-16(19-12(4)9-8-11(2)3)18-10-15-13(5)20-14(6)21-15;/h11-12H,7-10H2,1-6H3,(H2,17,18,19);1H. The summed E-state index contributed by atoms with van der Waals surface area (Å²) in [4.78, 5) is 10.4. The van der Waals surface area contributed by atoms with Crippen molar-refractivity contribution in [1.29, 1.82) is 0 Å². The van der Waals surface area contributed by atoms with Gasteiger partial charge in [-0.3, -0.25) is 0 Å². The summed E-state index contributed by atoms with van der Waals surface area (Å²) in [5.74, 6) is 1.65. The Kier molecular flexibility index (Phi) is 11.0. The number of nitrogens with zero attached hydrogens (tertiary/aromatic N) is 2. The molecule has 1 atom stereocenters. The Bertz CT molecular complexity index is 457. The molecule has 0 amide bonds. The fraction of sp³-hybridized carbons (Fsp3) is 0.750. The molecule has 4 nitrogen and oxygen atoms in total. The molecule has 0 radical (unpaired) electrons. The predicted molar refractivity (Wildman–Crippen MR) is 108 cm³/mol. The Labute approximate surface area is 156 Å². The molecule has 1 heterocycles. The van der Waals surface area contributed by atoms with E-state index in [4.69, 9.17) is 0 Å². The van der Waals surface area contributed by atoms with Crippen LogP contribution in [-0.2, 0) is 6.54 Å². The second-order valence-corrected chi connectivity index (χ2v) is 7.24. The number of halogens is 1. The Hall–Kier alpha value is -0.370. The maximum absolute atomic E-state index is 4.69. The minimum absolute atomic E-state index is 0. The van der Waals surface area contributed by atoms with Crippen LogP contribution in [0.2, 0.25) is 0 Å². The van der Waals surface area contributed by atoms with E-state index in [1.54, 1.807) is 11.3 Å². The molecule has 0 spiro atoms. The number of guanidine groups is 1. The first kappa shape index (κ1) is 21.6. The lowest BCUT2D eigenvalue weighted by atomic mass is 10.0. The van der Waals surface area contributed by atoms with Gasteiger partial charge in [0.2, 0.25) is 0 Å². The summed E-state index contributed by atoms with van der Waals surface area (Å²) in [7, 11) is 0. The van der Waals surface area contributed by atoms with E-state index in [9.17, 15) is 0 Å². The van der Waals surface area contributed by atoms with Crippen molar-refractivity contribution in [1.82, 2.24) is 15.6 Å². The smallest absolute Gasteiger partial charge is 0.191 e. The van der Waals surface area contributed by atoms with Crippen molar-refractivity contribution < 1.29 is 0 Å². The van der Waals surface area contributed by atoms with Crippen LogP contribution in [0.15, 0.2) is 4.99 Å². The molecule has 0 bridgehead atoms. The third kappa shape index (κ3) is 8.31. The van der Waals surface area contributed by atoms with Gasteiger partial charge in [0.1, 0.15) is 0 Å². The van der Waals surface area contributed by atoms with E-state index >= 15 is 0 Å². The highest BCUT2D eigenvalue weighted by Gasteiger charge is 2.08. The summed E-state index contributed by atoms with van der Waals surface area (Å²) < 4.78 is 0. The monoisotopic (exact) mass is 438 g/mol. The molecule has 0 aliphatic heterocycles. The summed E-state index contributed by atoms with van der Waals surface area (Å²) in [6.45, 7) is 14.5. The van der Waals surface area contributed by atoms with E-state index in [2.05, 4.69) is 55.2 Å². The summed E-state index contributed by atoms with van der Waals surface area (Å²) in [5, 5.41) is 7.93. The molecule has 6 heteroatoms. The minimum atomic E-state index is 0. The molecule has 128 valence electrons. The van der Waals surface area contributed by atoms with Gasteiger partial charge in [-0.05, 0) is 46.5 Å². The Morgan fingerprint density at radius 2 is 1.91 bits per heavy atom. The molecule has 0 saturated carbocycles. The molecule has 0 aliphatic carbocycles. The quantitative estimate of drug-likeness (QED) is 0.380. The van der Waals surface area contributed by atoms with E-state index in [1.807, 2.05) is 6.92 Å². The fourth-order valence-electron chi connectivity index (χ4n) is 2.08. The number of hydrogen-bond donors (Lipinski definition) is 2. The van der Waals surface area contributed by atoms with Crippen LogP contribution in [0.3, 0.4) is 0 Å². The molecule has 0 aliphatic rings. The lowest BCUT2D eigenvalue weighted by molar-refractivity contribution is 0.489. The third-order valence-electron chi connectivity index (χ3n) is 3.28. The summed E-state index contributed by atoms with van der Waals surface area (Å²) in [6, 6.07) is 0.439. The highest BCUT2D eigenvalue weighted by molar-refractivity contribution is 14.0. The molecule has 1 aromatic rings. The van der Waals surface area contributed by atoms with Crippen LogP contribution < -0.4 is 10.6 Å². The SMILES string of the molecule is CCNC(=NCc1sc(C)nc1C)NC(C)CCC(C)C.I. The number of aromatic nitrogens is 1. The first-order valence-corrected chi connectivity index (χ1v) is 8.71. The normalized spacial score (nSPS) is 13.0. The van der Waals surface area contributed by atoms with Gasteiger partial charge in [-0.25, -0.2) is 9.98 Å². The van der Waals surface area contributed by atoms with Crippen molar-refractivity contribution in [3.63, 3.8) is 0 Å². The molecule has 0 aromatic carbocycles. The van der Waals surface area contributed by atoms with Crippen LogP contribution in [0, 0.1) is 19.8 Å². The van der Waals surface area contributed by atoms with Gasteiger partial charge in [0, 0.05) is 17.5 Å². The maximum Gasteiger partial charge on any atom is 0.191 e. The van der Waals surface area contributed by atoms with Crippen LogP contribution >= 0.6 is 35.3 Å². The van der Waals surface area contributed by atoms with Gasteiger partial charge >= 0.3 is 0 Å². The lowest BCUT2D eigenvalue weighted by Crippen LogP contribution is -2.42. The van der Waals surface area contributed by atoms with Gasteiger partial charge in [0.05, 0.1) is 17.2 Å². The van der Waals surface area contributed by atoms with Crippen molar-refractivity contribution in [3.8, 4) is 0 Å². The molecule has 0 fully saturated rings. The van der Waals surface area contributed by atoms with Crippen LogP contribution in [-0.4, -0.2) is 23.5 Å². The second-order valence-electron chi connectivity index (χ2n) is 5.95. The lowest BCUT2D eigenvalue weighted by Gasteiger charge is -2.18. The number of rotatable bonds is 7. The zero-order valence-corrected chi connectivity index (χ0v) is 17.8. The fourth-order valence-corrected chi connectivity index (χ4v) is 2.94. The van der Waals surface area contributed by atoms with E-state index < -0.39 is 0 Å². The molecule has 22 heavy (non-hydrogen) atoms. The predicted octanol–water partition coefficient (Wildman–Crippen LogP) is 4.26. The van der Waals surface area contributed by atoms with Crippen molar-refractivity contribution in [3.05, 3.63) is 15.6 Å². The number of aryl methyl sites for hydroxylation is 2. The van der Waals surface area contributed by atoms with Crippen molar-refractivity contribution in [2.24, 2.45) is 10.9 Å². The highest BCUT2D eigenvalue weighted by atomic mass is 127. The summed E-state index contributed by atoms with van der Waals surface area (Å²) in [5.41, 5.74) is 1.10. The van der Waals surface area contributed by atoms with Gasteiger partial charge in [-0.2, -0.15) is 0 Å².